The maximum absolute atomic E-state index is 11.3. The van der Waals surface area contributed by atoms with Gasteiger partial charge in [-0.3, -0.25) is 4.79 Å². The number of carbonyl (C=O) groups is 1. The molecule has 2 unspecified atom stereocenters. The van der Waals surface area contributed by atoms with Crippen molar-refractivity contribution < 1.29 is 9.90 Å². The van der Waals surface area contributed by atoms with E-state index in [2.05, 4.69) is 13.2 Å². The summed E-state index contributed by atoms with van der Waals surface area (Å²) in [5, 5.41) is 9.27. The Morgan fingerprint density at radius 2 is 2.36 bits per heavy atom. The molecule has 0 bridgehead atoms. The Morgan fingerprint density at radius 1 is 1.64 bits per heavy atom. The van der Waals surface area contributed by atoms with Crippen molar-refractivity contribution in [1.82, 2.24) is 0 Å². The van der Waals surface area contributed by atoms with Gasteiger partial charge in [0.1, 0.15) is 0 Å². The quantitative estimate of drug-likeness (QED) is 0.718. The van der Waals surface area contributed by atoms with E-state index in [-0.39, 0.29) is 5.41 Å². The van der Waals surface area contributed by atoms with Crippen LogP contribution in [-0.4, -0.2) is 23.1 Å². The average molecular weight is 216 g/mol. The number of thioether (sulfide) groups is 1. The number of carboxylic acid groups (broad SMARTS) is 1. The molecule has 0 aromatic carbocycles. The van der Waals surface area contributed by atoms with Crippen LogP contribution in [0.1, 0.15) is 39.0 Å². The molecule has 1 N–H and O–H groups in total. The second kappa shape index (κ2) is 5.06. The molecule has 2 nitrogen and oxygen atoms in total. The normalized spacial score (nSPS) is 32.0. The molecule has 1 aliphatic carbocycles. The van der Waals surface area contributed by atoms with Gasteiger partial charge in [0.15, 0.2) is 0 Å². The summed E-state index contributed by atoms with van der Waals surface area (Å²) in [6.45, 7) is 2.17. The van der Waals surface area contributed by atoms with Crippen LogP contribution in [0.4, 0.5) is 0 Å². The number of hydrogen-bond acceptors (Lipinski definition) is 2. The maximum Gasteiger partial charge on any atom is 0.309 e. The molecule has 1 rings (SSSR count). The van der Waals surface area contributed by atoms with Crippen molar-refractivity contribution in [1.29, 1.82) is 0 Å². The van der Waals surface area contributed by atoms with Gasteiger partial charge in [-0.2, -0.15) is 11.8 Å². The molecule has 1 saturated carbocycles. The molecule has 1 fully saturated rings. The summed E-state index contributed by atoms with van der Waals surface area (Å²) in [6.07, 6.45) is 6.85. The summed E-state index contributed by atoms with van der Waals surface area (Å²) in [6, 6.07) is 0. The first-order chi connectivity index (χ1) is 6.60. The summed E-state index contributed by atoms with van der Waals surface area (Å²) in [4.78, 5) is 11.3. The molecule has 0 aromatic rings. The fourth-order valence-corrected chi connectivity index (χ4v) is 2.91. The molecule has 0 radical (unpaired) electrons. The average Bonchev–Trinajstić information content (AvgIpc) is 2.49. The van der Waals surface area contributed by atoms with E-state index in [0.29, 0.717) is 5.92 Å². The first-order valence-corrected chi connectivity index (χ1v) is 6.72. The molecule has 14 heavy (non-hydrogen) atoms. The van der Waals surface area contributed by atoms with Gasteiger partial charge < -0.3 is 5.11 Å². The Hall–Kier alpha value is -0.180. The van der Waals surface area contributed by atoms with E-state index in [1.54, 1.807) is 11.8 Å². The first-order valence-electron chi connectivity index (χ1n) is 5.33. The van der Waals surface area contributed by atoms with E-state index in [4.69, 9.17) is 0 Å². The van der Waals surface area contributed by atoms with Crippen molar-refractivity contribution >= 4 is 17.7 Å². The maximum atomic E-state index is 11.3. The second-order valence-electron chi connectivity index (χ2n) is 4.53. The minimum absolute atomic E-state index is 0.380. The summed E-state index contributed by atoms with van der Waals surface area (Å²) in [5.74, 6) is 1.12. The molecule has 3 heteroatoms. The number of aliphatic carboxylic acids is 1. The molecule has 0 amide bonds. The summed E-state index contributed by atoms with van der Waals surface area (Å²) in [5.41, 5.74) is -0.380. The lowest BCUT2D eigenvalue weighted by Crippen LogP contribution is -2.28. The van der Waals surface area contributed by atoms with E-state index >= 15 is 0 Å². The van der Waals surface area contributed by atoms with Crippen molar-refractivity contribution in [3.05, 3.63) is 0 Å². The fraction of sp³-hybridized carbons (Fsp3) is 0.909. The van der Waals surface area contributed by atoms with Crippen LogP contribution in [0.3, 0.4) is 0 Å². The van der Waals surface area contributed by atoms with Crippen molar-refractivity contribution in [2.45, 2.75) is 39.0 Å². The lowest BCUT2D eigenvalue weighted by Gasteiger charge is -2.23. The van der Waals surface area contributed by atoms with Crippen molar-refractivity contribution in [2.75, 3.05) is 12.0 Å². The fourth-order valence-electron chi connectivity index (χ4n) is 2.48. The smallest absolute Gasteiger partial charge is 0.309 e. The zero-order chi connectivity index (χ0) is 10.6. The molecular formula is C11H20O2S. The van der Waals surface area contributed by atoms with E-state index in [9.17, 15) is 9.90 Å². The van der Waals surface area contributed by atoms with E-state index in [1.807, 2.05) is 0 Å². The molecule has 0 spiro atoms. The standard InChI is InChI=1S/C11H20O2S/c1-9-4-6-11(8-9,10(12)13)5-3-7-14-2/h9H,3-8H2,1-2H3,(H,12,13). The Balaban J connectivity index is 2.50. The van der Waals surface area contributed by atoms with E-state index in [1.165, 1.54) is 0 Å². The number of rotatable bonds is 5. The number of carboxylic acids is 1. The zero-order valence-electron chi connectivity index (χ0n) is 9.08. The van der Waals surface area contributed by atoms with E-state index < -0.39 is 5.97 Å². The molecule has 0 saturated heterocycles. The minimum atomic E-state index is -0.567. The van der Waals surface area contributed by atoms with Crippen LogP contribution >= 0.6 is 11.8 Å². The van der Waals surface area contributed by atoms with Gasteiger partial charge in [-0.1, -0.05) is 6.92 Å². The van der Waals surface area contributed by atoms with Gasteiger partial charge in [0.2, 0.25) is 0 Å². The van der Waals surface area contributed by atoms with Crippen molar-refractivity contribution in [3.63, 3.8) is 0 Å². The summed E-state index contributed by atoms with van der Waals surface area (Å²) < 4.78 is 0. The van der Waals surface area contributed by atoms with Gasteiger partial charge in [0, 0.05) is 0 Å². The molecule has 0 aromatic heterocycles. The van der Waals surface area contributed by atoms with Crippen LogP contribution in [-0.2, 0) is 4.79 Å². The molecule has 1 aliphatic rings. The predicted molar refractivity (Wildman–Crippen MR) is 60.7 cm³/mol. The topological polar surface area (TPSA) is 37.3 Å². The third kappa shape index (κ3) is 2.66. The van der Waals surface area contributed by atoms with E-state index in [0.717, 1.165) is 37.9 Å². The van der Waals surface area contributed by atoms with Crippen molar-refractivity contribution in [3.8, 4) is 0 Å². The second-order valence-corrected chi connectivity index (χ2v) is 5.52. The minimum Gasteiger partial charge on any atom is -0.481 e. The highest BCUT2D eigenvalue weighted by atomic mass is 32.2. The van der Waals surface area contributed by atoms with Crippen LogP contribution in [0.5, 0.6) is 0 Å². The van der Waals surface area contributed by atoms with Crippen LogP contribution in [0, 0.1) is 11.3 Å². The van der Waals surface area contributed by atoms with Gasteiger partial charge in [0.05, 0.1) is 5.41 Å². The highest BCUT2D eigenvalue weighted by Gasteiger charge is 2.43. The van der Waals surface area contributed by atoms with Crippen molar-refractivity contribution in [2.24, 2.45) is 11.3 Å². The van der Waals surface area contributed by atoms with Gasteiger partial charge in [0.25, 0.3) is 0 Å². The highest BCUT2D eigenvalue weighted by molar-refractivity contribution is 7.98. The third-order valence-corrected chi connectivity index (χ3v) is 4.01. The van der Waals surface area contributed by atoms with Crippen LogP contribution in [0.15, 0.2) is 0 Å². The third-order valence-electron chi connectivity index (χ3n) is 3.31. The van der Waals surface area contributed by atoms with Crippen LogP contribution in [0.25, 0.3) is 0 Å². The summed E-state index contributed by atoms with van der Waals surface area (Å²) in [7, 11) is 0. The van der Waals surface area contributed by atoms with Crippen LogP contribution < -0.4 is 0 Å². The highest BCUT2D eigenvalue weighted by Crippen LogP contribution is 2.45. The van der Waals surface area contributed by atoms with Gasteiger partial charge in [-0.05, 0) is 50.0 Å². The molecule has 82 valence electrons. The van der Waals surface area contributed by atoms with Gasteiger partial charge in [-0.15, -0.1) is 0 Å². The SMILES string of the molecule is CSCCCC1(C(=O)O)CCC(C)C1. The largest absolute Gasteiger partial charge is 0.481 e. The molecule has 2 atom stereocenters. The lowest BCUT2D eigenvalue weighted by molar-refractivity contribution is -0.149. The molecule has 0 heterocycles. The first kappa shape index (κ1) is 11.9. The lowest BCUT2D eigenvalue weighted by atomic mass is 9.81. The summed E-state index contributed by atoms with van der Waals surface area (Å²) >= 11 is 1.80. The van der Waals surface area contributed by atoms with Gasteiger partial charge >= 0.3 is 5.97 Å². The monoisotopic (exact) mass is 216 g/mol. The molecule has 0 aliphatic heterocycles. The predicted octanol–water partition coefficient (Wildman–Crippen LogP) is 3.02. The Kier molecular flexibility index (Phi) is 4.30. The zero-order valence-corrected chi connectivity index (χ0v) is 9.90. The Bertz CT molecular complexity index is 205. The number of hydrogen-bond donors (Lipinski definition) is 1. The van der Waals surface area contributed by atoms with Gasteiger partial charge in [-0.25, -0.2) is 0 Å². The molecular weight excluding hydrogens is 196 g/mol. The van der Waals surface area contributed by atoms with Crippen LogP contribution in [0.2, 0.25) is 0 Å². The Labute approximate surface area is 90.5 Å². The Morgan fingerprint density at radius 3 is 2.79 bits per heavy atom.